The van der Waals surface area contributed by atoms with Crippen molar-refractivity contribution < 1.29 is 14.0 Å². The average molecular weight is 641 g/mol. The summed E-state index contributed by atoms with van der Waals surface area (Å²) >= 11 is 0. The summed E-state index contributed by atoms with van der Waals surface area (Å²) in [6.07, 6.45) is 0. The summed E-state index contributed by atoms with van der Waals surface area (Å²) in [6, 6.07) is 59.8. The molecule has 0 amide bonds. The van der Waals surface area contributed by atoms with Crippen molar-refractivity contribution in [2.24, 2.45) is 0 Å². The molecule has 0 aliphatic carbocycles. The fraction of sp³-hybridized carbons (Fsp3) is 0. The number of ether oxygens (including phenoxy) is 2. The van der Waals surface area contributed by atoms with Crippen molar-refractivity contribution in [3.05, 3.63) is 176 Å². The molecule has 2 heterocycles. The Kier molecular flexibility index (Phi) is 6.43. The van der Waals surface area contributed by atoms with Crippen molar-refractivity contribution in [3.63, 3.8) is 0 Å². The van der Waals surface area contributed by atoms with E-state index < -0.39 is 15.2 Å². The minimum Gasteiger partial charge on any atom is -0.457 e. The van der Waals surface area contributed by atoms with Crippen LogP contribution in [0.3, 0.4) is 0 Å². The van der Waals surface area contributed by atoms with E-state index in [1.165, 1.54) is 15.6 Å². The summed E-state index contributed by atoms with van der Waals surface area (Å²) in [5, 5.41) is 7.27. The van der Waals surface area contributed by atoms with Gasteiger partial charge in [0.1, 0.15) is 23.0 Å². The normalized spacial score (nSPS) is 15.7. The third-order valence-corrected chi connectivity index (χ3v) is 17.4. The van der Waals surface area contributed by atoms with Crippen molar-refractivity contribution >= 4 is 51.9 Å². The van der Waals surface area contributed by atoms with Crippen LogP contribution >= 0.6 is 7.14 Å². The summed E-state index contributed by atoms with van der Waals surface area (Å²) < 4.78 is 28.6. The Balaban J connectivity index is 1.27. The van der Waals surface area contributed by atoms with E-state index in [1.807, 2.05) is 84.9 Å². The van der Waals surface area contributed by atoms with Gasteiger partial charge in [-0.05, 0) is 45.4 Å². The Hall–Kier alpha value is -5.41. The summed E-state index contributed by atoms with van der Waals surface area (Å²) in [7, 11) is -5.94. The van der Waals surface area contributed by atoms with Gasteiger partial charge in [-0.15, -0.1) is 0 Å². The van der Waals surface area contributed by atoms with Crippen LogP contribution in [0, 0.1) is 0 Å². The molecule has 2 aliphatic heterocycles. The largest absolute Gasteiger partial charge is 0.457 e. The highest BCUT2D eigenvalue weighted by atomic mass is 31.2. The lowest BCUT2D eigenvalue weighted by atomic mass is 10.0. The predicted octanol–water partition coefficient (Wildman–Crippen LogP) is 6.58. The van der Waals surface area contributed by atoms with Gasteiger partial charge in [0.15, 0.2) is 15.2 Å². The van der Waals surface area contributed by atoms with Crippen molar-refractivity contribution in [1.29, 1.82) is 0 Å². The molecule has 5 heteroatoms. The average Bonchev–Trinajstić information content (AvgIpc) is 3.15. The number of para-hydroxylation sites is 2. The third kappa shape index (κ3) is 4.09. The maximum absolute atomic E-state index is 15.1. The summed E-state index contributed by atoms with van der Waals surface area (Å²) in [5.41, 5.74) is 1.98. The zero-order valence-electron chi connectivity index (χ0n) is 25.4. The van der Waals surface area contributed by atoms with Crippen LogP contribution in [0.2, 0.25) is 0 Å². The summed E-state index contributed by atoms with van der Waals surface area (Å²) in [6.45, 7) is 0. The molecule has 0 spiro atoms. The lowest BCUT2D eigenvalue weighted by Crippen LogP contribution is -2.77. The first-order chi connectivity index (χ1) is 23.2. The molecule has 0 saturated heterocycles. The van der Waals surface area contributed by atoms with Gasteiger partial charge in [-0.1, -0.05) is 152 Å². The minimum atomic E-state index is -3.10. The number of rotatable bonds is 5. The Labute approximate surface area is 275 Å². The molecule has 0 radical (unpaired) electrons. The first-order valence-corrected chi connectivity index (χ1v) is 19.5. The van der Waals surface area contributed by atoms with E-state index in [9.17, 15) is 0 Å². The second-order valence-electron chi connectivity index (χ2n) is 12.0. The topological polar surface area (TPSA) is 35.5 Å². The molecule has 9 rings (SSSR count). The summed E-state index contributed by atoms with van der Waals surface area (Å²) in [4.78, 5) is 0. The highest BCUT2D eigenvalue weighted by Crippen LogP contribution is 2.45. The van der Waals surface area contributed by atoms with E-state index >= 15 is 4.57 Å². The molecule has 0 aromatic heterocycles. The Morgan fingerprint density at radius 3 is 1.51 bits per heavy atom. The highest BCUT2D eigenvalue weighted by molar-refractivity contribution is 7.85. The molecule has 1 atom stereocenters. The number of fused-ring (bicyclic) bond motifs is 4. The molecule has 7 aromatic carbocycles. The predicted molar refractivity (Wildman–Crippen MR) is 195 cm³/mol. The maximum atomic E-state index is 15.1. The number of hydrogen-bond acceptors (Lipinski definition) is 3. The smallest absolute Gasteiger partial charge is 0.197 e. The Morgan fingerprint density at radius 2 is 0.915 bits per heavy atom. The lowest BCUT2D eigenvalue weighted by molar-refractivity contribution is 0.465. The molecule has 0 N–H and O–H groups in total. The summed E-state index contributed by atoms with van der Waals surface area (Å²) in [5.74, 6) is 3.43. The molecule has 224 valence electrons. The van der Waals surface area contributed by atoms with E-state index in [4.69, 9.17) is 9.47 Å². The molecule has 47 heavy (non-hydrogen) atoms. The molecular weight excluding hydrogens is 612 g/mol. The van der Waals surface area contributed by atoms with E-state index in [0.717, 1.165) is 55.2 Å². The Bertz CT molecular complexity index is 2270. The van der Waals surface area contributed by atoms with E-state index in [2.05, 4.69) is 91.0 Å². The van der Waals surface area contributed by atoms with Crippen LogP contribution in [0.25, 0.3) is 11.1 Å². The first kappa shape index (κ1) is 27.9. The number of hydrogen-bond donors (Lipinski definition) is 0. The van der Waals surface area contributed by atoms with Crippen molar-refractivity contribution in [2.75, 3.05) is 0 Å². The highest BCUT2D eigenvalue weighted by Gasteiger charge is 2.54. The van der Waals surface area contributed by atoms with E-state index in [-0.39, 0.29) is 0 Å². The molecule has 0 bridgehead atoms. The van der Waals surface area contributed by atoms with Gasteiger partial charge in [-0.25, -0.2) is 0 Å². The van der Waals surface area contributed by atoms with Crippen molar-refractivity contribution in [3.8, 4) is 34.1 Å². The van der Waals surface area contributed by atoms with E-state index in [1.54, 1.807) is 0 Å². The van der Waals surface area contributed by atoms with Crippen LogP contribution in [-0.4, -0.2) is 8.07 Å². The second-order valence-corrected chi connectivity index (χ2v) is 18.4. The van der Waals surface area contributed by atoms with Gasteiger partial charge in [0.25, 0.3) is 0 Å². The van der Waals surface area contributed by atoms with Gasteiger partial charge in [0.2, 0.25) is 0 Å². The van der Waals surface area contributed by atoms with Crippen LogP contribution in [0.1, 0.15) is 0 Å². The third-order valence-electron chi connectivity index (χ3n) is 9.50. The monoisotopic (exact) mass is 640 g/mol. The molecule has 2 aliphatic rings. The van der Waals surface area contributed by atoms with Gasteiger partial charge in [0.05, 0.1) is 0 Å². The molecule has 3 nitrogen and oxygen atoms in total. The minimum absolute atomic E-state index is 0.793. The van der Waals surface area contributed by atoms with Gasteiger partial charge >= 0.3 is 0 Å². The van der Waals surface area contributed by atoms with Crippen LogP contribution in [0.4, 0.5) is 0 Å². The van der Waals surface area contributed by atoms with Gasteiger partial charge in [-0.3, -0.25) is 0 Å². The van der Waals surface area contributed by atoms with Crippen molar-refractivity contribution in [1.82, 2.24) is 0 Å². The zero-order chi connectivity index (χ0) is 31.4. The quantitative estimate of drug-likeness (QED) is 0.158. The molecule has 7 aromatic rings. The van der Waals surface area contributed by atoms with E-state index in [0.29, 0.717) is 0 Å². The fourth-order valence-electron chi connectivity index (χ4n) is 7.43. The maximum Gasteiger partial charge on any atom is 0.197 e. The second kappa shape index (κ2) is 10.8. The zero-order valence-corrected chi connectivity index (χ0v) is 27.3. The SMILES string of the molecule is O=P(c1ccccc1)(c1ccccc1)c1ccc(-c2ccc3c4c2Oc2ccccc2[Si]4(c2ccccc2)c2ccccc2O3)cc1. The number of benzene rings is 7. The fourth-order valence-corrected chi connectivity index (χ4v) is 15.2. The van der Waals surface area contributed by atoms with Gasteiger partial charge < -0.3 is 14.0 Å². The Morgan fingerprint density at radius 1 is 0.426 bits per heavy atom. The van der Waals surface area contributed by atoms with Crippen LogP contribution in [0.5, 0.6) is 23.0 Å². The molecule has 0 saturated carbocycles. The standard InChI is InChI=1S/C42H29O3PSi/c43-46(31-14-4-1-5-15-31,32-16-6-2-7-17-32)33-26-24-30(25-27-33)35-28-29-38-42-41(35)45-37-21-11-13-23-40(37)47(42,34-18-8-3-9-19-34)39-22-12-10-20-36(39)44-38/h1-29H. The first-order valence-electron chi connectivity index (χ1n) is 15.8. The van der Waals surface area contributed by atoms with Crippen molar-refractivity contribution in [2.45, 2.75) is 0 Å². The van der Waals surface area contributed by atoms with Crippen LogP contribution in [0.15, 0.2) is 176 Å². The van der Waals surface area contributed by atoms with Crippen LogP contribution in [-0.2, 0) is 4.57 Å². The van der Waals surface area contributed by atoms with Crippen LogP contribution < -0.4 is 46.1 Å². The van der Waals surface area contributed by atoms with Gasteiger partial charge in [-0.2, -0.15) is 0 Å². The van der Waals surface area contributed by atoms with Gasteiger partial charge in [0, 0.05) is 26.7 Å². The molecular formula is C42H29O3PSi. The molecule has 1 unspecified atom stereocenters. The molecule has 0 fully saturated rings. The lowest BCUT2D eigenvalue weighted by Gasteiger charge is -2.44.